The number of hydrogen-bond acceptors (Lipinski definition) is 1. The SMILES string of the molecule is CCn1c2ccccc2c2cc(C)cnc21. The first-order chi connectivity index (χ1) is 7.81. The van der Waals surface area contributed by atoms with E-state index in [1.165, 1.54) is 21.9 Å². The molecule has 0 N–H and O–H groups in total. The molecule has 3 aromatic rings. The third-order valence-corrected chi connectivity index (χ3v) is 3.06. The maximum atomic E-state index is 4.55. The normalized spacial score (nSPS) is 11.4. The Kier molecular flexibility index (Phi) is 1.96. The van der Waals surface area contributed by atoms with Gasteiger partial charge in [-0.1, -0.05) is 18.2 Å². The molecule has 0 aliphatic rings. The van der Waals surface area contributed by atoms with Gasteiger partial charge in [0.2, 0.25) is 0 Å². The first kappa shape index (κ1) is 9.40. The summed E-state index contributed by atoms with van der Waals surface area (Å²) < 4.78 is 2.27. The van der Waals surface area contributed by atoms with Crippen LogP contribution in [0, 0.1) is 6.92 Å². The number of nitrogens with zero attached hydrogens (tertiary/aromatic N) is 2. The maximum Gasteiger partial charge on any atom is 0.140 e. The van der Waals surface area contributed by atoms with Crippen LogP contribution >= 0.6 is 0 Å². The predicted octanol–water partition coefficient (Wildman–Crippen LogP) is 3.52. The molecular formula is C14H14N2. The molecule has 0 spiro atoms. The van der Waals surface area contributed by atoms with Crippen LogP contribution in [-0.4, -0.2) is 9.55 Å². The van der Waals surface area contributed by atoms with Crippen molar-refractivity contribution in [2.45, 2.75) is 20.4 Å². The molecule has 0 unspecified atom stereocenters. The second-order valence-electron chi connectivity index (χ2n) is 4.15. The van der Waals surface area contributed by atoms with Gasteiger partial charge < -0.3 is 4.57 Å². The van der Waals surface area contributed by atoms with Gasteiger partial charge in [0, 0.05) is 23.5 Å². The molecule has 0 amide bonds. The van der Waals surface area contributed by atoms with E-state index in [0.29, 0.717) is 0 Å². The topological polar surface area (TPSA) is 17.8 Å². The van der Waals surface area contributed by atoms with Crippen LogP contribution < -0.4 is 0 Å². The van der Waals surface area contributed by atoms with Crippen molar-refractivity contribution in [2.24, 2.45) is 0 Å². The first-order valence-electron chi connectivity index (χ1n) is 5.65. The number of aromatic nitrogens is 2. The highest BCUT2D eigenvalue weighted by Gasteiger charge is 2.09. The van der Waals surface area contributed by atoms with Crippen molar-refractivity contribution < 1.29 is 0 Å². The largest absolute Gasteiger partial charge is 0.326 e. The third-order valence-electron chi connectivity index (χ3n) is 3.06. The van der Waals surface area contributed by atoms with E-state index in [1.807, 2.05) is 6.20 Å². The van der Waals surface area contributed by atoms with Gasteiger partial charge in [0.1, 0.15) is 5.65 Å². The molecule has 0 saturated heterocycles. The number of para-hydroxylation sites is 1. The zero-order valence-corrected chi connectivity index (χ0v) is 9.57. The second-order valence-corrected chi connectivity index (χ2v) is 4.15. The van der Waals surface area contributed by atoms with Crippen LogP contribution in [0.4, 0.5) is 0 Å². The van der Waals surface area contributed by atoms with Crippen LogP contribution in [0.5, 0.6) is 0 Å². The number of benzene rings is 1. The zero-order valence-electron chi connectivity index (χ0n) is 9.57. The summed E-state index contributed by atoms with van der Waals surface area (Å²) in [5.41, 5.74) is 3.58. The van der Waals surface area contributed by atoms with Crippen LogP contribution in [0.2, 0.25) is 0 Å². The van der Waals surface area contributed by atoms with Crippen molar-refractivity contribution in [3.63, 3.8) is 0 Å². The molecule has 0 aliphatic heterocycles. The Balaban J connectivity index is 2.59. The monoisotopic (exact) mass is 210 g/mol. The van der Waals surface area contributed by atoms with Gasteiger partial charge in [0.25, 0.3) is 0 Å². The van der Waals surface area contributed by atoms with Crippen molar-refractivity contribution in [3.8, 4) is 0 Å². The Morgan fingerprint density at radius 1 is 1.19 bits per heavy atom. The van der Waals surface area contributed by atoms with E-state index < -0.39 is 0 Å². The zero-order chi connectivity index (χ0) is 11.1. The summed E-state index contributed by atoms with van der Waals surface area (Å²) in [6.45, 7) is 5.21. The molecule has 1 aromatic carbocycles. The van der Waals surface area contributed by atoms with E-state index in [4.69, 9.17) is 0 Å². The second kappa shape index (κ2) is 3.34. The highest BCUT2D eigenvalue weighted by atomic mass is 15.0. The number of aryl methyl sites for hydroxylation is 2. The van der Waals surface area contributed by atoms with Crippen LogP contribution in [0.15, 0.2) is 36.5 Å². The molecule has 2 heterocycles. The lowest BCUT2D eigenvalue weighted by Gasteiger charge is -2.01. The van der Waals surface area contributed by atoms with Crippen molar-refractivity contribution >= 4 is 21.9 Å². The van der Waals surface area contributed by atoms with E-state index in [9.17, 15) is 0 Å². The van der Waals surface area contributed by atoms with Gasteiger partial charge in [-0.05, 0) is 31.5 Å². The molecule has 3 rings (SSSR count). The predicted molar refractivity (Wildman–Crippen MR) is 67.7 cm³/mol. The lowest BCUT2D eigenvalue weighted by Crippen LogP contribution is -1.94. The fourth-order valence-corrected chi connectivity index (χ4v) is 2.35. The highest BCUT2D eigenvalue weighted by Crippen LogP contribution is 2.27. The maximum absolute atomic E-state index is 4.55. The standard InChI is InChI=1S/C14H14N2/c1-3-16-13-7-5-4-6-11(13)12-8-10(2)9-15-14(12)16/h4-9H,3H2,1-2H3. The molecule has 2 nitrogen and oxygen atoms in total. The minimum Gasteiger partial charge on any atom is -0.326 e. The number of hydrogen-bond donors (Lipinski definition) is 0. The lowest BCUT2D eigenvalue weighted by atomic mass is 10.2. The number of fused-ring (bicyclic) bond motifs is 3. The van der Waals surface area contributed by atoms with Crippen molar-refractivity contribution in [2.75, 3.05) is 0 Å². The first-order valence-corrected chi connectivity index (χ1v) is 5.65. The molecule has 0 saturated carbocycles. The minimum atomic E-state index is 0.958. The van der Waals surface area contributed by atoms with E-state index in [0.717, 1.165) is 12.2 Å². The summed E-state index contributed by atoms with van der Waals surface area (Å²) in [5.74, 6) is 0. The van der Waals surface area contributed by atoms with Crippen molar-refractivity contribution in [1.29, 1.82) is 0 Å². The van der Waals surface area contributed by atoms with E-state index >= 15 is 0 Å². The summed E-state index contributed by atoms with van der Waals surface area (Å²) in [7, 11) is 0. The molecule has 0 radical (unpaired) electrons. The molecule has 80 valence electrons. The number of pyridine rings is 1. The van der Waals surface area contributed by atoms with E-state index in [-0.39, 0.29) is 0 Å². The molecule has 0 fully saturated rings. The Morgan fingerprint density at radius 3 is 2.81 bits per heavy atom. The average molecular weight is 210 g/mol. The smallest absolute Gasteiger partial charge is 0.140 e. The summed E-state index contributed by atoms with van der Waals surface area (Å²) in [4.78, 5) is 4.55. The van der Waals surface area contributed by atoms with Crippen molar-refractivity contribution in [3.05, 3.63) is 42.1 Å². The van der Waals surface area contributed by atoms with E-state index in [1.54, 1.807) is 0 Å². The summed E-state index contributed by atoms with van der Waals surface area (Å²) in [6, 6.07) is 10.7. The van der Waals surface area contributed by atoms with Crippen LogP contribution in [-0.2, 0) is 6.54 Å². The van der Waals surface area contributed by atoms with Crippen LogP contribution in [0.3, 0.4) is 0 Å². The summed E-state index contributed by atoms with van der Waals surface area (Å²) in [5, 5.41) is 2.56. The van der Waals surface area contributed by atoms with Gasteiger partial charge in [-0.25, -0.2) is 4.98 Å². The molecule has 2 aromatic heterocycles. The molecule has 0 bridgehead atoms. The Bertz CT molecular complexity index is 665. The highest BCUT2D eigenvalue weighted by molar-refractivity contribution is 6.06. The molecule has 2 heteroatoms. The average Bonchev–Trinajstić information content (AvgIpc) is 2.62. The fourth-order valence-electron chi connectivity index (χ4n) is 2.35. The van der Waals surface area contributed by atoms with Crippen molar-refractivity contribution in [1.82, 2.24) is 9.55 Å². The van der Waals surface area contributed by atoms with E-state index in [2.05, 4.69) is 53.7 Å². The molecule has 0 aliphatic carbocycles. The Labute approximate surface area is 94.5 Å². The molecular weight excluding hydrogens is 196 g/mol. The van der Waals surface area contributed by atoms with Gasteiger partial charge in [-0.2, -0.15) is 0 Å². The van der Waals surface area contributed by atoms with Gasteiger partial charge in [0.05, 0.1) is 5.52 Å². The fraction of sp³-hybridized carbons (Fsp3) is 0.214. The third kappa shape index (κ3) is 1.16. The van der Waals surface area contributed by atoms with Gasteiger partial charge in [-0.15, -0.1) is 0 Å². The minimum absolute atomic E-state index is 0.958. The molecule has 0 atom stereocenters. The number of rotatable bonds is 1. The van der Waals surface area contributed by atoms with Gasteiger partial charge in [0.15, 0.2) is 0 Å². The van der Waals surface area contributed by atoms with Crippen LogP contribution in [0.1, 0.15) is 12.5 Å². The van der Waals surface area contributed by atoms with Gasteiger partial charge in [-0.3, -0.25) is 0 Å². The summed E-state index contributed by atoms with van der Waals surface area (Å²) >= 11 is 0. The van der Waals surface area contributed by atoms with Crippen LogP contribution in [0.25, 0.3) is 21.9 Å². The summed E-state index contributed by atoms with van der Waals surface area (Å²) in [6.07, 6.45) is 1.94. The Morgan fingerprint density at radius 2 is 2.00 bits per heavy atom. The lowest BCUT2D eigenvalue weighted by molar-refractivity contribution is 0.816. The Hall–Kier alpha value is -1.83. The quantitative estimate of drug-likeness (QED) is 0.601. The molecule has 16 heavy (non-hydrogen) atoms. The van der Waals surface area contributed by atoms with Gasteiger partial charge >= 0.3 is 0 Å².